The van der Waals surface area contributed by atoms with Crippen LogP contribution in [0, 0.1) is 0 Å². The second-order valence-electron chi connectivity index (χ2n) is 9.34. The number of rotatable bonds is 14. The first kappa shape index (κ1) is 31.0. The van der Waals surface area contributed by atoms with Crippen LogP contribution in [0.1, 0.15) is 17.5 Å². The van der Waals surface area contributed by atoms with Crippen LogP contribution in [-0.4, -0.2) is 79.9 Å². The van der Waals surface area contributed by atoms with Crippen molar-refractivity contribution in [3.8, 4) is 5.75 Å². The van der Waals surface area contributed by atoms with Gasteiger partial charge in [-0.15, -0.1) is 0 Å². The average Bonchev–Trinajstić information content (AvgIpc) is 3.34. The minimum atomic E-state index is -1.44. The van der Waals surface area contributed by atoms with Gasteiger partial charge < -0.3 is 42.0 Å². The number of carboxylic acids is 2. The number of phenolic OH excluding ortho intramolecular Hbond substituents is 1. The van der Waals surface area contributed by atoms with Crippen LogP contribution in [0.3, 0.4) is 0 Å². The fraction of sp³-hybridized carbons (Fsp3) is 0.296. The first-order chi connectivity index (χ1) is 19.5. The SMILES string of the molecule is NC(CC(=O)O)C(=O)NC(Cc1ccc(O)cc1)C(=O)NC(CS)C(=O)NC(Cc1c[nH]c2ccccc12)C(=O)O. The molecule has 9 N–H and O–H groups in total. The van der Waals surface area contributed by atoms with Crippen LogP contribution >= 0.6 is 12.6 Å². The highest BCUT2D eigenvalue weighted by atomic mass is 32.1. The van der Waals surface area contributed by atoms with Gasteiger partial charge in [0.25, 0.3) is 0 Å². The van der Waals surface area contributed by atoms with E-state index in [0.717, 1.165) is 10.9 Å². The highest BCUT2D eigenvalue weighted by Gasteiger charge is 2.30. The van der Waals surface area contributed by atoms with Crippen LogP contribution in [0.5, 0.6) is 5.75 Å². The van der Waals surface area contributed by atoms with E-state index in [1.165, 1.54) is 24.3 Å². The zero-order valence-corrected chi connectivity index (χ0v) is 22.6. The quantitative estimate of drug-likeness (QED) is 0.115. The van der Waals surface area contributed by atoms with Gasteiger partial charge in [0.1, 0.15) is 23.9 Å². The van der Waals surface area contributed by atoms with Crippen molar-refractivity contribution in [3.63, 3.8) is 0 Å². The molecule has 1 heterocycles. The zero-order valence-electron chi connectivity index (χ0n) is 21.7. The van der Waals surface area contributed by atoms with E-state index in [-0.39, 0.29) is 24.3 Å². The van der Waals surface area contributed by atoms with Crippen molar-refractivity contribution in [2.75, 3.05) is 5.75 Å². The summed E-state index contributed by atoms with van der Waals surface area (Å²) in [4.78, 5) is 64.8. The Morgan fingerprint density at radius 3 is 2.07 bits per heavy atom. The fourth-order valence-electron chi connectivity index (χ4n) is 4.10. The molecule has 0 fully saturated rings. The zero-order chi connectivity index (χ0) is 30.1. The van der Waals surface area contributed by atoms with Gasteiger partial charge in [-0.3, -0.25) is 19.2 Å². The van der Waals surface area contributed by atoms with E-state index < -0.39 is 60.2 Å². The maximum absolute atomic E-state index is 13.2. The lowest BCUT2D eigenvalue weighted by atomic mass is 10.0. The Balaban J connectivity index is 1.73. The first-order valence-electron chi connectivity index (χ1n) is 12.5. The molecule has 0 saturated heterocycles. The molecule has 0 saturated carbocycles. The fourth-order valence-corrected chi connectivity index (χ4v) is 4.35. The Labute approximate surface area is 239 Å². The highest BCUT2D eigenvalue weighted by Crippen LogP contribution is 2.19. The second-order valence-corrected chi connectivity index (χ2v) is 9.71. The molecule has 13 nitrogen and oxygen atoms in total. The largest absolute Gasteiger partial charge is 0.508 e. The molecular weight excluding hydrogens is 554 g/mol. The number of fused-ring (bicyclic) bond motifs is 1. The topological polar surface area (TPSA) is 224 Å². The molecule has 218 valence electrons. The number of hydrogen-bond acceptors (Lipinski definition) is 8. The van der Waals surface area contributed by atoms with E-state index in [2.05, 4.69) is 33.6 Å². The average molecular weight is 586 g/mol. The first-order valence-corrected chi connectivity index (χ1v) is 13.2. The third kappa shape index (κ3) is 8.71. The Hall–Kier alpha value is -4.56. The Morgan fingerprint density at radius 1 is 0.829 bits per heavy atom. The highest BCUT2D eigenvalue weighted by molar-refractivity contribution is 7.80. The van der Waals surface area contributed by atoms with E-state index in [1.54, 1.807) is 6.20 Å². The minimum Gasteiger partial charge on any atom is -0.508 e. The standard InChI is InChI=1S/C27H31N5O8S/c28-18(11-23(34)35)24(36)30-20(9-14-5-7-16(33)8-6-14)25(37)32-22(13-41)26(38)31-21(27(39)40)10-15-12-29-19-4-2-1-3-17(15)19/h1-8,12,18,20-22,29,33,41H,9-11,13,28H2,(H,30,36)(H,31,38)(H,32,37)(H,34,35)(H,39,40). The van der Waals surface area contributed by atoms with Crippen molar-refractivity contribution < 1.29 is 39.3 Å². The van der Waals surface area contributed by atoms with Crippen LogP contribution in [0.15, 0.2) is 54.7 Å². The Morgan fingerprint density at radius 2 is 1.44 bits per heavy atom. The number of nitrogens with one attached hydrogen (secondary N) is 4. The van der Waals surface area contributed by atoms with Gasteiger partial charge in [-0.2, -0.15) is 12.6 Å². The van der Waals surface area contributed by atoms with E-state index in [9.17, 15) is 34.2 Å². The number of nitrogens with two attached hydrogens (primary N) is 1. The monoisotopic (exact) mass is 585 g/mol. The summed E-state index contributed by atoms with van der Waals surface area (Å²) >= 11 is 4.13. The van der Waals surface area contributed by atoms with Crippen LogP contribution in [0.25, 0.3) is 10.9 Å². The van der Waals surface area contributed by atoms with Gasteiger partial charge in [-0.1, -0.05) is 30.3 Å². The number of carbonyl (C=O) groups excluding carboxylic acids is 3. The number of phenols is 1. The van der Waals surface area contributed by atoms with Crippen molar-refractivity contribution in [2.24, 2.45) is 5.73 Å². The molecule has 0 bridgehead atoms. The smallest absolute Gasteiger partial charge is 0.326 e. The predicted octanol–water partition coefficient (Wildman–Crippen LogP) is -0.0705. The Kier molecular flexibility index (Phi) is 10.7. The summed E-state index contributed by atoms with van der Waals surface area (Å²) in [6.45, 7) is 0. The van der Waals surface area contributed by atoms with E-state index in [0.29, 0.717) is 11.1 Å². The number of hydrogen-bond donors (Lipinski definition) is 9. The number of carboxylic acid groups (broad SMARTS) is 2. The van der Waals surface area contributed by atoms with Gasteiger partial charge in [-0.05, 0) is 29.3 Å². The van der Waals surface area contributed by atoms with Gasteiger partial charge in [-0.25, -0.2) is 4.79 Å². The van der Waals surface area contributed by atoms with Gasteiger partial charge >= 0.3 is 11.9 Å². The number of amides is 3. The minimum absolute atomic E-state index is 0.0188. The van der Waals surface area contributed by atoms with Crippen molar-refractivity contribution in [1.82, 2.24) is 20.9 Å². The molecule has 0 aliphatic rings. The second kappa shape index (κ2) is 14.2. The van der Waals surface area contributed by atoms with Crippen molar-refractivity contribution in [2.45, 2.75) is 43.4 Å². The van der Waals surface area contributed by atoms with Crippen LogP contribution in [0.2, 0.25) is 0 Å². The molecule has 4 atom stereocenters. The normalized spacial score (nSPS) is 13.9. The van der Waals surface area contributed by atoms with Gasteiger partial charge in [0.2, 0.25) is 17.7 Å². The molecule has 4 unspecified atom stereocenters. The third-order valence-corrected chi connectivity index (χ3v) is 6.63. The van der Waals surface area contributed by atoms with Crippen molar-refractivity contribution in [1.29, 1.82) is 0 Å². The summed E-state index contributed by atoms with van der Waals surface area (Å²) in [5.41, 5.74) is 7.65. The van der Waals surface area contributed by atoms with Crippen LogP contribution in [0.4, 0.5) is 0 Å². The molecular formula is C27H31N5O8S. The third-order valence-electron chi connectivity index (χ3n) is 6.27. The van der Waals surface area contributed by atoms with Gasteiger partial charge in [0, 0.05) is 35.7 Å². The number of H-pyrrole nitrogens is 1. The molecule has 14 heteroatoms. The van der Waals surface area contributed by atoms with Gasteiger partial charge in [0.15, 0.2) is 0 Å². The van der Waals surface area contributed by atoms with Gasteiger partial charge in [0.05, 0.1) is 12.5 Å². The lowest BCUT2D eigenvalue weighted by Crippen LogP contribution is -2.58. The summed E-state index contributed by atoms with van der Waals surface area (Å²) in [5, 5.41) is 36.4. The van der Waals surface area contributed by atoms with Crippen LogP contribution < -0.4 is 21.7 Å². The maximum atomic E-state index is 13.2. The van der Waals surface area contributed by atoms with Crippen LogP contribution in [-0.2, 0) is 36.8 Å². The maximum Gasteiger partial charge on any atom is 0.326 e. The molecule has 41 heavy (non-hydrogen) atoms. The van der Waals surface area contributed by atoms with Crippen molar-refractivity contribution >= 4 is 53.2 Å². The summed E-state index contributed by atoms with van der Waals surface area (Å²) in [6, 6.07) is 7.77. The molecule has 0 aliphatic carbocycles. The van der Waals surface area contributed by atoms with E-state index in [4.69, 9.17) is 10.8 Å². The number of thiol groups is 1. The molecule has 0 aliphatic heterocycles. The number of aliphatic carboxylic acids is 2. The molecule has 3 aromatic rings. The lowest BCUT2D eigenvalue weighted by molar-refractivity contribution is -0.142. The number of aromatic amines is 1. The summed E-state index contributed by atoms with van der Waals surface area (Å²) in [6.07, 6.45) is 0.876. The molecule has 3 rings (SSSR count). The summed E-state index contributed by atoms with van der Waals surface area (Å²) in [7, 11) is 0. The number of para-hydroxylation sites is 1. The van der Waals surface area contributed by atoms with Crippen molar-refractivity contribution in [3.05, 3.63) is 65.9 Å². The summed E-state index contributed by atoms with van der Waals surface area (Å²) < 4.78 is 0. The lowest BCUT2D eigenvalue weighted by Gasteiger charge is -2.24. The molecule has 0 spiro atoms. The number of benzene rings is 2. The Bertz CT molecular complexity index is 1410. The predicted molar refractivity (Wildman–Crippen MR) is 151 cm³/mol. The summed E-state index contributed by atoms with van der Waals surface area (Å²) in [5.74, 6) is -5.32. The van der Waals surface area contributed by atoms with E-state index in [1.807, 2.05) is 24.3 Å². The number of carbonyl (C=O) groups is 5. The molecule has 3 amide bonds. The number of aromatic nitrogens is 1. The molecule has 0 radical (unpaired) electrons. The molecule has 2 aromatic carbocycles. The number of aromatic hydroxyl groups is 1. The molecule has 1 aromatic heterocycles. The van der Waals surface area contributed by atoms with E-state index >= 15 is 0 Å².